The first-order valence-electron chi connectivity index (χ1n) is 6.04. The standard InChI is InChI=1S/C12H23N3O/c1-4-16-9-5-7-13-10-12(3)15-8-6-11(2)14-15/h6,8,12-13H,4-5,7,9-10H2,1-3H3. The van der Waals surface area contributed by atoms with Crippen LogP contribution in [0.25, 0.3) is 0 Å². The van der Waals surface area contributed by atoms with E-state index in [1.165, 1.54) is 0 Å². The zero-order valence-corrected chi connectivity index (χ0v) is 10.6. The summed E-state index contributed by atoms with van der Waals surface area (Å²) < 4.78 is 7.28. The molecular weight excluding hydrogens is 202 g/mol. The Morgan fingerprint density at radius 2 is 2.38 bits per heavy atom. The predicted octanol–water partition coefficient (Wildman–Crippen LogP) is 1.77. The van der Waals surface area contributed by atoms with Gasteiger partial charge in [-0.15, -0.1) is 0 Å². The second-order valence-corrected chi connectivity index (χ2v) is 4.04. The highest BCUT2D eigenvalue weighted by Gasteiger charge is 2.04. The molecule has 0 amide bonds. The Bertz CT molecular complexity index is 286. The van der Waals surface area contributed by atoms with E-state index in [0.717, 1.165) is 38.4 Å². The van der Waals surface area contributed by atoms with Crippen LogP contribution in [0.2, 0.25) is 0 Å². The van der Waals surface area contributed by atoms with Gasteiger partial charge in [-0.1, -0.05) is 0 Å². The summed E-state index contributed by atoms with van der Waals surface area (Å²) in [5.41, 5.74) is 1.07. The van der Waals surface area contributed by atoms with Crippen molar-refractivity contribution < 1.29 is 4.74 Å². The molecule has 4 heteroatoms. The number of nitrogens with zero attached hydrogens (tertiary/aromatic N) is 2. The van der Waals surface area contributed by atoms with Gasteiger partial charge in [-0.25, -0.2) is 0 Å². The first-order valence-corrected chi connectivity index (χ1v) is 6.04. The summed E-state index contributed by atoms with van der Waals surface area (Å²) in [5, 5.41) is 7.80. The van der Waals surface area contributed by atoms with Crippen molar-refractivity contribution in [3.05, 3.63) is 18.0 Å². The van der Waals surface area contributed by atoms with Crippen molar-refractivity contribution in [1.29, 1.82) is 0 Å². The first kappa shape index (κ1) is 13.2. The predicted molar refractivity (Wildman–Crippen MR) is 65.7 cm³/mol. The van der Waals surface area contributed by atoms with E-state index >= 15 is 0 Å². The van der Waals surface area contributed by atoms with Gasteiger partial charge in [0.2, 0.25) is 0 Å². The highest BCUT2D eigenvalue weighted by molar-refractivity contribution is 4.95. The summed E-state index contributed by atoms with van der Waals surface area (Å²) in [6.07, 6.45) is 3.10. The fourth-order valence-corrected chi connectivity index (χ4v) is 1.53. The molecule has 0 fully saturated rings. The average Bonchev–Trinajstić information content (AvgIpc) is 2.70. The molecule has 0 bridgehead atoms. The maximum atomic E-state index is 5.27. The SMILES string of the molecule is CCOCCCNCC(C)n1ccc(C)n1. The molecule has 1 aromatic rings. The van der Waals surface area contributed by atoms with Crippen molar-refractivity contribution in [2.45, 2.75) is 33.2 Å². The molecule has 1 aromatic heterocycles. The number of ether oxygens (including phenoxy) is 1. The van der Waals surface area contributed by atoms with Crippen LogP contribution in [-0.2, 0) is 4.74 Å². The van der Waals surface area contributed by atoms with Gasteiger partial charge in [0.25, 0.3) is 0 Å². The molecule has 1 atom stereocenters. The molecule has 16 heavy (non-hydrogen) atoms. The third kappa shape index (κ3) is 4.77. The van der Waals surface area contributed by atoms with E-state index in [0.29, 0.717) is 6.04 Å². The van der Waals surface area contributed by atoms with E-state index in [1.54, 1.807) is 0 Å². The lowest BCUT2D eigenvalue weighted by atomic mass is 10.3. The Kier molecular flexibility index (Phi) is 6.11. The molecule has 0 aromatic carbocycles. The maximum absolute atomic E-state index is 5.27. The van der Waals surface area contributed by atoms with Gasteiger partial charge >= 0.3 is 0 Å². The second kappa shape index (κ2) is 7.41. The molecule has 1 unspecified atom stereocenters. The van der Waals surface area contributed by atoms with Crippen LogP contribution < -0.4 is 5.32 Å². The monoisotopic (exact) mass is 225 g/mol. The fourth-order valence-electron chi connectivity index (χ4n) is 1.53. The van der Waals surface area contributed by atoms with Gasteiger partial charge in [-0.3, -0.25) is 4.68 Å². The van der Waals surface area contributed by atoms with Gasteiger partial charge < -0.3 is 10.1 Å². The normalized spacial score (nSPS) is 12.9. The molecule has 0 aliphatic heterocycles. The van der Waals surface area contributed by atoms with Crippen LogP contribution in [0.15, 0.2) is 12.3 Å². The van der Waals surface area contributed by atoms with Crippen LogP contribution in [0, 0.1) is 6.92 Å². The Hall–Kier alpha value is -0.870. The van der Waals surface area contributed by atoms with E-state index in [4.69, 9.17) is 4.74 Å². The minimum Gasteiger partial charge on any atom is -0.382 e. The molecule has 1 rings (SSSR count). The van der Waals surface area contributed by atoms with Gasteiger partial charge in [0.05, 0.1) is 11.7 Å². The van der Waals surface area contributed by atoms with Gasteiger partial charge in [0.1, 0.15) is 0 Å². The number of aromatic nitrogens is 2. The van der Waals surface area contributed by atoms with E-state index in [2.05, 4.69) is 17.3 Å². The van der Waals surface area contributed by atoms with E-state index < -0.39 is 0 Å². The third-order valence-corrected chi connectivity index (χ3v) is 2.48. The van der Waals surface area contributed by atoms with Gasteiger partial charge in [-0.2, -0.15) is 5.10 Å². The third-order valence-electron chi connectivity index (χ3n) is 2.48. The largest absolute Gasteiger partial charge is 0.382 e. The van der Waals surface area contributed by atoms with Crippen molar-refractivity contribution in [1.82, 2.24) is 15.1 Å². The smallest absolute Gasteiger partial charge is 0.0615 e. The summed E-state index contributed by atoms with van der Waals surface area (Å²) in [6, 6.07) is 2.44. The Morgan fingerprint density at radius 1 is 1.56 bits per heavy atom. The topological polar surface area (TPSA) is 39.1 Å². The van der Waals surface area contributed by atoms with Crippen molar-refractivity contribution in [3.8, 4) is 0 Å². The second-order valence-electron chi connectivity index (χ2n) is 4.04. The quantitative estimate of drug-likeness (QED) is 0.685. The lowest BCUT2D eigenvalue weighted by Crippen LogP contribution is -2.25. The Labute approximate surface area is 98.0 Å². The van der Waals surface area contributed by atoms with Crippen LogP contribution in [0.4, 0.5) is 0 Å². The molecule has 4 nitrogen and oxygen atoms in total. The highest BCUT2D eigenvalue weighted by Crippen LogP contribution is 2.03. The minimum atomic E-state index is 0.404. The summed E-state index contributed by atoms with van der Waals surface area (Å²) in [7, 11) is 0. The van der Waals surface area contributed by atoms with Crippen molar-refractivity contribution >= 4 is 0 Å². The molecule has 1 N–H and O–H groups in total. The summed E-state index contributed by atoms with van der Waals surface area (Å²) in [5.74, 6) is 0. The zero-order chi connectivity index (χ0) is 11.8. The van der Waals surface area contributed by atoms with Crippen LogP contribution in [0.5, 0.6) is 0 Å². The zero-order valence-electron chi connectivity index (χ0n) is 10.6. The molecule has 0 saturated heterocycles. The number of nitrogens with one attached hydrogen (secondary N) is 1. The van der Waals surface area contributed by atoms with Crippen molar-refractivity contribution in [2.24, 2.45) is 0 Å². The molecule has 0 radical (unpaired) electrons. The number of hydrogen-bond donors (Lipinski definition) is 1. The molecule has 0 aliphatic carbocycles. The molecule has 92 valence electrons. The summed E-state index contributed by atoms with van der Waals surface area (Å²) in [6.45, 7) is 9.82. The van der Waals surface area contributed by atoms with Gasteiger partial charge in [0.15, 0.2) is 0 Å². The van der Waals surface area contributed by atoms with Crippen LogP contribution >= 0.6 is 0 Å². The maximum Gasteiger partial charge on any atom is 0.0615 e. The number of rotatable bonds is 8. The average molecular weight is 225 g/mol. The molecule has 0 spiro atoms. The summed E-state index contributed by atoms with van der Waals surface area (Å²) in [4.78, 5) is 0. The first-order chi connectivity index (χ1) is 7.74. The van der Waals surface area contributed by atoms with Crippen LogP contribution in [0.1, 0.15) is 32.0 Å². The molecule has 0 saturated carbocycles. The van der Waals surface area contributed by atoms with E-state index in [-0.39, 0.29) is 0 Å². The lowest BCUT2D eigenvalue weighted by molar-refractivity contribution is 0.144. The van der Waals surface area contributed by atoms with Gasteiger partial charge in [0, 0.05) is 26.0 Å². The summed E-state index contributed by atoms with van der Waals surface area (Å²) >= 11 is 0. The highest BCUT2D eigenvalue weighted by atomic mass is 16.5. The number of aryl methyl sites for hydroxylation is 1. The van der Waals surface area contributed by atoms with E-state index in [9.17, 15) is 0 Å². The van der Waals surface area contributed by atoms with Crippen molar-refractivity contribution in [2.75, 3.05) is 26.3 Å². The van der Waals surface area contributed by atoms with Gasteiger partial charge in [-0.05, 0) is 39.8 Å². The fraction of sp³-hybridized carbons (Fsp3) is 0.750. The van der Waals surface area contributed by atoms with Crippen molar-refractivity contribution in [3.63, 3.8) is 0 Å². The Balaban J connectivity index is 2.09. The molecular formula is C12H23N3O. The minimum absolute atomic E-state index is 0.404. The Morgan fingerprint density at radius 3 is 3.00 bits per heavy atom. The molecule has 1 heterocycles. The van der Waals surface area contributed by atoms with Crippen LogP contribution in [-0.4, -0.2) is 36.1 Å². The number of hydrogen-bond acceptors (Lipinski definition) is 3. The lowest BCUT2D eigenvalue weighted by Gasteiger charge is -2.13. The van der Waals surface area contributed by atoms with Crippen LogP contribution in [0.3, 0.4) is 0 Å². The van der Waals surface area contributed by atoms with E-state index in [1.807, 2.05) is 30.8 Å². The molecule has 0 aliphatic rings.